The van der Waals surface area contributed by atoms with E-state index in [-0.39, 0.29) is 29.6 Å². The zero-order valence-corrected chi connectivity index (χ0v) is 20.4. The summed E-state index contributed by atoms with van der Waals surface area (Å²) in [5.74, 6) is -0.955. The quantitative estimate of drug-likeness (QED) is 0.355. The van der Waals surface area contributed by atoms with Crippen molar-refractivity contribution in [1.82, 2.24) is 0 Å². The van der Waals surface area contributed by atoms with Crippen LogP contribution < -0.4 is 24.0 Å². The molecular weight excluding hydrogens is 478 g/mol. The number of allylic oxidation sites excluding steroid dienone is 1. The summed E-state index contributed by atoms with van der Waals surface area (Å²) in [5, 5.41) is 14.4. The second-order valence-electron chi connectivity index (χ2n) is 7.72. The number of anilines is 1. The molecule has 0 saturated heterocycles. The van der Waals surface area contributed by atoms with Crippen molar-refractivity contribution in [2.24, 2.45) is 0 Å². The molecular formula is C25H24F2N2O5S. The van der Waals surface area contributed by atoms with Gasteiger partial charge in [-0.05, 0) is 42.9 Å². The van der Waals surface area contributed by atoms with Crippen LogP contribution in [0.4, 0.5) is 13.9 Å². The minimum atomic E-state index is -3.03. The number of halogens is 2. The number of benzene rings is 2. The maximum atomic E-state index is 13.8. The van der Waals surface area contributed by atoms with Gasteiger partial charge in [-0.1, -0.05) is 36.4 Å². The average Bonchev–Trinajstić information content (AvgIpc) is 3.19. The Bertz CT molecular complexity index is 1280. The lowest BCUT2D eigenvalue weighted by molar-refractivity contribution is -0.728. The number of alkyl halides is 2. The Morgan fingerprint density at radius 3 is 2.54 bits per heavy atom. The predicted molar refractivity (Wildman–Crippen MR) is 125 cm³/mol. The lowest BCUT2D eigenvalue weighted by Crippen LogP contribution is -2.51. The van der Waals surface area contributed by atoms with Gasteiger partial charge in [0.25, 0.3) is 0 Å². The van der Waals surface area contributed by atoms with E-state index in [0.29, 0.717) is 21.3 Å². The van der Waals surface area contributed by atoms with Crippen LogP contribution in [0.1, 0.15) is 25.5 Å². The van der Waals surface area contributed by atoms with Crippen molar-refractivity contribution in [1.29, 1.82) is 0 Å². The molecule has 1 aliphatic rings. The number of rotatable bonds is 7. The van der Waals surface area contributed by atoms with Crippen LogP contribution in [0.15, 0.2) is 59.8 Å². The van der Waals surface area contributed by atoms with Gasteiger partial charge in [0.1, 0.15) is 11.3 Å². The monoisotopic (exact) mass is 502 g/mol. The highest BCUT2D eigenvalue weighted by atomic mass is 32.1. The van der Waals surface area contributed by atoms with Crippen LogP contribution in [0.5, 0.6) is 17.4 Å². The number of ether oxygens (including phenoxy) is 3. The number of nitrogens with zero attached hydrogens (tertiary/aromatic N) is 2. The van der Waals surface area contributed by atoms with E-state index in [1.165, 1.54) is 35.1 Å². The van der Waals surface area contributed by atoms with Gasteiger partial charge >= 0.3 is 17.7 Å². The molecule has 0 spiro atoms. The van der Waals surface area contributed by atoms with Gasteiger partial charge in [-0.25, -0.2) is 14.3 Å². The Morgan fingerprint density at radius 1 is 1.20 bits per heavy atom. The fourth-order valence-electron chi connectivity index (χ4n) is 4.09. The second kappa shape index (κ2) is 9.91. The number of carbonyl (C=O) groups excluding carboxylic acids is 1. The summed E-state index contributed by atoms with van der Waals surface area (Å²) >= 11 is 1.31. The molecule has 7 nitrogen and oxygen atoms in total. The summed E-state index contributed by atoms with van der Waals surface area (Å²) in [4.78, 5) is 15.4. The molecule has 184 valence electrons. The number of aromatic nitrogens is 1. The Morgan fingerprint density at radius 2 is 1.91 bits per heavy atom. The van der Waals surface area contributed by atoms with Crippen LogP contribution in [0.25, 0.3) is 10.4 Å². The molecule has 0 N–H and O–H groups in total. The maximum absolute atomic E-state index is 13.8. The van der Waals surface area contributed by atoms with Crippen LogP contribution in [-0.2, 0) is 9.53 Å². The van der Waals surface area contributed by atoms with Gasteiger partial charge < -0.3 is 19.3 Å². The van der Waals surface area contributed by atoms with E-state index in [4.69, 9.17) is 9.47 Å². The third-order valence-corrected chi connectivity index (χ3v) is 7.04. The molecule has 4 rings (SSSR count). The van der Waals surface area contributed by atoms with Gasteiger partial charge in [0.2, 0.25) is 0 Å². The second-order valence-corrected chi connectivity index (χ2v) is 8.70. The van der Waals surface area contributed by atoms with Gasteiger partial charge in [-0.2, -0.15) is 8.78 Å². The smallest absolute Gasteiger partial charge is 0.387 e. The molecule has 0 saturated carbocycles. The minimum absolute atomic E-state index is 0.0516. The minimum Gasteiger partial charge on any atom is -0.841 e. The summed E-state index contributed by atoms with van der Waals surface area (Å²) in [6.07, 6.45) is 0. The third-order valence-electron chi connectivity index (χ3n) is 5.77. The summed E-state index contributed by atoms with van der Waals surface area (Å²) in [6.45, 7) is 0.595. The molecule has 0 amide bonds. The standard InChI is InChI=1S/C25H24F2N2O5S/c1-5-33-23(31)19-14(2)28(3)25-29(22(30)21(35-25)15-9-7-6-8-10-15)20(19)16-11-12-17(34-24(26)27)18(13-16)32-4/h6-13,20,24H,5H2,1-4H3. The molecule has 0 bridgehead atoms. The lowest BCUT2D eigenvalue weighted by Gasteiger charge is -2.29. The van der Waals surface area contributed by atoms with E-state index < -0.39 is 18.6 Å². The van der Waals surface area contributed by atoms with Gasteiger partial charge in [0.15, 0.2) is 17.5 Å². The molecule has 0 fully saturated rings. The van der Waals surface area contributed by atoms with Crippen molar-refractivity contribution < 1.29 is 37.5 Å². The average molecular weight is 503 g/mol. The lowest BCUT2D eigenvalue weighted by atomic mass is 9.94. The molecule has 35 heavy (non-hydrogen) atoms. The van der Waals surface area contributed by atoms with Crippen molar-refractivity contribution >= 4 is 22.4 Å². The number of hydrogen-bond acceptors (Lipinski definition) is 7. The zero-order chi connectivity index (χ0) is 25.3. The molecule has 2 heterocycles. The summed E-state index contributed by atoms with van der Waals surface area (Å²) in [6, 6.07) is 12.8. The largest absolute Gasteiger partial charge is 0.841 e. The van der Waals surface area contributed by atoms with Crippen LogP contribution in [0.2, 0.25) is 0 Å². The van der Waals surface area contributed by atoms with Gasteiger partial charge in [0.05, 0.1) is 31.5 Å². The van der Waals surface area contributed by atoms with Crippen molar-refractivity contribution in [2.75, 3.05) is 25.7 Å². The Labute approximate surface area is 205 Å². The first-order valence-electron chi connectivity index (χ1n) is 10.8. The highest BCUT2D eigenvalue weighted by Gasteiger charge is 2.44. The van der Waals surface area contributed by atoms with E-state index in [9.17, 15) is 18.7 Å². The molecule has 0 aliphatic carbocycles. The van der Waals surface area contributed by atoms with Gasteiger partial charge in [-0.3, -0.25) is 0 Å². The maximum Gasteiger partial charge on any atom is 0.387 e. The summed E-state index contributed by atoms with van der Waals surface area (Å²) in [5.41, 5.74) is 2.12. The molecule has 1 atom stereocenters. The van der Waals surface area contributed by atoms with Crippen LogP contribution >= 0.6 is 11.3 Å². The highest BCUT2D eigenvalue weighted by Crippen LogP contribution is 2.45. The zero-order valence-electron chi connectivity index (χ0n) is 19.6. The summed E-state index contributed by atoms with van der Waals surface area (Å²) in [7, 11) is 3.11. The highest BCUT2D eigenvalue weighted by molar-refractivity contribution is 7.18. The number of fused-ring (bicyclic) bond motifs is 1. The fourth-order valence-corrected chi connectivity index (χ4v) is 5.28. The first kappa shape index (κ1) is 24.5. The third kappa shape index (κ3) is 4.41. The Hall–Kier alpha value is -3.66. The molecule has 2 aromatic carbocycles. The molecule has 3 aromatic rings. The SMILES string of the molecule is CCOC(=O)C1=C(C)N(C)c2sc(-c3ccccc3)c([O-])[n+]2C1c1ccc(OC(F)F)c(OC)c1. The number of carbonyl (C=O) groups is 1. The topological polar surface area (TPSA) is 74.9 Å². The normalized spacial score (nSPS) is 15.3. The van der Waals surface area contributed by atoms with E-state index in [0.717, 1.165) is 5.56 Å². The van der Waals surface area contributed by atoms with Crippen LogP contribution in [0, 0.1) is 0 Å². The fraction of sp³-hybridized carbons (Fsp3) is 0.280. The predicted octanol–water partition coefficient (Wildman–Crippen LogP) is 4.26. The molecule has 1 aromatic heterocycles. The van der Waals surface area contributed by atoms with Crippen molar-refractivity contribution in [2.45, 2.75) is 26.5 Å². The molecule has 0 radical (unpaired) electrons. The molecule has 1 aliphatic heterocycles. The number of esters is 1. The molecule has 1 unspecified atom stereocenters. The first-order valence-corrected chi connectivity index (χ1v) is 11.6. The molecule has 10 heteroatoms. The van der Waals surface area contributed by atoms with Crippen LogP contribution in [0.3, 0.4) is 0 Å². The summed E-state index contributed by atoms with van der Waals surface area (Å²) < 4.78 is 42.4. The number of hydrogen-bond donors (Lipinski definition) is 0. The van der Waals surface area contributed by atoms with Crippen molar-refractivity contribution in [3.63, 3.8) is 0 Å². The number of methoxy groups -OCH3 is 1. The van der Waals surface area contributed by atoms with Gasteiger partial charge in [-0.15, -0.1) is 0 Å². The Balaban J connectivity index is 1.95. The first-order chi connectivity index (χ1) is 16.8. The Kier molecular flexibility index (Phi) is 6.93. The van der Waals surface area contributed by atoms with Crippen molar-refractivity contribution in [3.8, 4) is 27.8 Å². The van der Waals surface area contributed by atoms with E-state index in [1.54, 1.807) is 31.9 Å². The number of thiazole rings is 1. The van der Waals surface area contributed by atoms with E-state index in [1.807, 2.05) is 30.3 Å². The van der Waals surface area contributed by atoms with E-state index >= 15 is 0 Å². The van der Waals surface area contributed by atoms with E-state index in [2.05, 4.69) is 4.74 Å². The van der Waals surface area contributed by atoms with Crippen LogP contribution in [-0.4, -0.2) is 33.3 Å². The van der Waals surface area contributed by atoms with Gasteiger partial charge in [0, 0.05) is 5.56 Å². The van der Waals surface area contributed by atoms with Crippen molar-refractivity contribution in [3.05, 3.63) is 65.4 Å².